The zero-order valence-electron chi connectivity index (χ0n) is 9.44. The Morgan fingerprint density at radius 2 is 2.07 bits per heavy atom. The number of hydrogen-bond donors (Lipinski definition) is 2. The molecule has 0 fully saturated rings. The summed E-state index contributed by atoms with van der Waals surface area (Å²) in [5.74, 6) is 0. The Hall–Kier alpha value is -0.760. The van der Waals surface area contributed by atoms with Crippen LogP contribution in [0.15, 0.2) is 24.9 Å². The highest BCUT2D eigenvalue weighted by molar-refractivity contribution is 4.90. The van der Waals surface area contributed by atoms with Gasteiger partial charge in [-0.3, -0.25) is 0 Å². The van der Waals surface area contributed by atoms with Gasteiger partial charge in [0.05, 0.1) is 0 Å². The third kappa shape index (κ3) is 9.33. The molecule has 0 aromatic carbocycles. The van der Waals surface area contributed by atoms with Crippen molar-refractivity contribution in [3.05, 3.63) is 24.9 Å². The standard InChI is InChI=1S/C12H24N2/c1-4-6-7-11-14-12(3)9-8-10-13-5-2/h4,13-14H,1,3,5-11H2,2H3. The van der Waals surface area contributed by atoms with Crippen LogP contribution in [0.2, 0.25) is 0 Å². The van der Waals surface area contributed by atoms with Crippen LogP contribution < -0.4 is 10.6 Å². The minimum absolute atomic E-state index is 1.02. The molecule has 0 saturated carbocycles. The molecule has 0 heterocycles. The van der Waals surface area contributed by atoms with Crippen LogP contribution >= 0.6 is 0 Å². The van der Waals surface area contributed by atoms with Gasteiger partial charge in [0.15, 0.2) is 0 Å². The van der Waals surface area contributed by atoms with E-state index in [0.717, 1.165) is 44.6 Å². The molecular weight excluding hydrogens is 172 g/mol. The molecule has 2 heteroatoms. The van der Waals surface area contributed by atoms with Crippen LogP contribution in [0.4, 0.5) is 0 Å². The average Bonchev–Trinajstić information content (AvgIpc) is 2.19. The van der Waals surface area contributed by atoms with Crippen LogP contribution in [0, 0.1) is 0 Å². The predicted molar refractivity (Wildman–Crippen MR) is 64.4 cm³/mol. The molecule has 0 aromatic rings. The van der Waals surface area contributed by atoms with Crippen molar-refractivity contribution in [3.8, 4) is 0 Å². The van der Waals surface area contributed by atoms with Gasteiger partial charge < -0.3 is 10.6 Å². The molecule has 0 rings (SSSR count). The number of hydrogen-bond acceptors (Lipinski definition) is 2. The van der Waals surface area contributed by atoms with E-state index in [-0.39, 0.29) is 0 Å². The summed E-state index contributed by atoms with van der Waals surface area (Å²) >= 11 is 0. The molecule has 0 aliphatic carbocycles. The van der Waals surface area contributed by atoms with Crippen LogP contribution in [0.3, 0.4) is 0 Å². The maximum absolute atomic E-state index is 3.99. The van der Waals surface area contributed by atoms with E-state index in [9.17, 15) is 0 Å². The van der Waals surface area contributed by atoms with Crippen molar-refractivity contribution in [1.29, 1.82) is 0 Å². The van der Waals surface area contributed by atoms with E-state index in [1.807, 2.05) is 6.08 Å². The van der Waals surface area contributed by atoms with Gasteiger partial charge in [-0.1, -0.05) is 19.6 Å². The van der Waals surface area contributed by atoms with Gasteiger partial charge in [-0.15, -0.1) is 6.58 Å². The van der Waals surface area contributed by atoms with Crippen LogP contribution in [-0.2, 0) is 0 Å². The van der Waals surface area contributed by atoms with E-state index >= 15 is 0 Å². The lowest BCUT2D eigenvalue weighted by Gasteiger charge is -2.08. The highest BCUT2D eigenvalue weighted by atomic mass is 14.9. The molecule has 0 spiro atoms. The zero-order chi connectivity index (χ0) is 10.6. The SMILES string of the molecule is C=CCCCNC(=C)CCCNCC. The zero-order valence-corrected chi connectivity index (χ0v) is 9.44. The first-order valence-corrected chi connectivity index (χ1v) is 5.54. The second-order valence-electron chi connectivity index (χ2n) is 3.42. The molecule has 0 amide bonds. The van der Waals surface area contributed by atoms with Crippen molar-refractivity contribution in [3.63, 3.8) is 0 Å². The van der Waals surface area contributed by atoms with Crippen LogP contribution in [0.1, 0.15) is 32.6 Å². The second kappa shape index (κ2) is 10.3. The Balaban J connectivity index is 3.15. The number of unbranched alkanes of at least 4 members (excludes halogenated alkanes) is 1. The van der Waals surface area contributed by atoms with E-state index < -0.39 is 0 Å². The Kier molecular flexibility index (Phi) is 9.76. The molecule has 0 unspecified atom stereocenters. The first-order chi connectivity index (χ1) is 6.81. The van der Waals surface area contributed by atoms with E-state index in [2.05, 4.69) is 30.7 Å². The van der Waals surface area contributed by atoms with E-state index in [1.54, 1.807) is 0 Å². The lowest BCUT2D eigenvalue weighted by Crippen LogP contribution is -2.17. The first-order valence-electron chi connectivity index (χ1n) is 5.54. The molecule has 0 radical (unpaired) electrons. The maximum atomic E-state index is 3.99. The number of rotatable bonds is 10. The Morgan fingerprint density at radius 1 is 1.29 bits per heavy atom. The summed E-state index contributed by atoms with van der Waals surface area (Å²) < 4.78 is 0. The lowest BCUT2D eigenvalue weighted by molar-refractivity contribution is 0.638. The summed E-state index contributed by atoms with van der Waals surface area (Å²) in [4.78, 5) is 0. The van der Waals surface area contributed by atoms with E-state index in [4.69, 9.17) is 0 Å². The smallest absolute Gasteiger partial charge is 0.0146 e. The molecule has 2 nitrogen and oxygen atoms in total. The summed E-state index contributed by atoms with van der Waals surface area (Å²) in [7, 11) is 0. The molecule has 2 N–H and O–H groups in total. The number of nitrogens with one attached hydrogen (secondary N) is 2. The van der Waals surface area contributed by atoms with Crippen molar-refractivity contribution in [1.82, 2.24) is 10.6 Å². The van der Waals surface area contributed by atoms with Crippen LogP contribution in [0.25, 0.3) is 0 Å². The molecular formula is C12H24N2. The molecule has 0 bridgehead atoms. The third-order valence-electron chi connectivity index (χ3n) is 2.04. The van der Waals surface area contributed by atoms with Gasteiger partial charge in [-0.2, -0.15) is 0 Å². The largest absolute Gasteiger partial charge is 0.389 e. The van der Waals surface area contributed by atoms with Crippen LogP contribution in [0.5, 0.6) is 0 Å². The summed E-state index contributed by atoms with van der Waals surface area (Å²) in [5.41, 5.74) is 1.16. The van der Waals surface area contributed by atoms with Crippen molar-refractivity contribution in [2.75, 3.05) is 19.6 Å². The van der Waals surface area contributed by atoms with Gasteiger partial charge in [-0.25, -0.2) is 0 Å². The van der Waals surface area contributed by atoms with Gasteiger partial charge >= 0.3 is 0 Å². The molecule has 0 saturated heterocycles. The maximum Gasteiger partial charge on any atom is 0.0146 e. The minimum atomic E-state index is 1.02. The van der Waals surface area contributed by atoms with Gasteiger partial charge in [0, 0.05) is 12.2 Å². The second-order valence-corrected chi connectivity index (χ2v) is 3.42. The van der Waals surface area contributed by atoms with Gasteiger partial charge in [0.2, 0.25) is 0 Å². The fourth-order valence-corrected chi connectivity index (χ4v) is 1.20. The summed E-state index contributed by atoms with van der Waals surface area (Å²) in [6, 6.07) is 0. The Labute approximate surface area is 88.5 Å². The van der Waals surface area contributed by atoms with Crippen molar-refractivity contribution < 1.29 is 0 Å². The van der Waals surface area contributed by atoms with Gasteiger partial charge in [-0.05, 0) is 38.8 Å². The van der Waals surface area contributed by atoms with Gasteiger partial charge in [0.1, 0.15) is 0 Å². The van der Waals surface area contributed by atoms with E-state index in [1.165, 1.54) is 6.42 Å². The van der Waals surface area contributed by atoms with Crippen molar-refractivity contribution in [2.45, 2.75) is 32.6 Å². The summed E-state index contributed by atoms with van der Waals surface area (Å²) in [5, 5.41) is 6.62. The highest BCUT2D eigenvalue weighted by Gasteiger charge is 1.92. The van der Waals surface area contributed by atoms with Crippen molar-refractivity contribution in [2.24, 2.45) is 0 Å². The monoisotopic (exact) mass is 196 g/mol. The molecule has 0 atom stereocenters. The molecule has 0 aromatic heterocycles. The van der Waals surface area contributed by atoms with Gasteiger partial charge in [0.25, 0.3) is 0 Å². The third-order valence-corrected chi connectivity index (χ3v) is 2.04. The number of allylic oxidation sites excluding steroid dienone is 2. The fourth-order valence-electron chi connectivity index (χ4n) is 1.20. The summed E-state index contributed by atoms with van der Waals surface area (Å²) in [6.07, 6.45) is 6.42. The minimum Gasteiger partial charge on any atom is -0.389 e. The molecule has 0 aliphatic heterocycles. The molecule has 0 aliphatic rings. The topological polar surface area (TPSA) is 24.1 Å². The van der Waals surface area contributed by atoms with Crippen LogP contribution in [-0.4, -0.2) is 19.6 Å². The molecule has 82 valence electrons. The highest BCUT2D eigenvalue weighted by Crippen LogP contribution is 1.98. The summed E-state index contributed by atoms with van der Waals surface area (Å²) in [6.45, 7) is 13.0. The lowest BCUT2D eigenvalue weighted by atomic mass is 10.2. The first kappa shape index (κ1) is 13.2. The Morgan fingerprint density at radius 3 is 2.71 bits per heavy atom. The normalized spacial score (nSPS) is 9.79. The Bertz CT molecular complexity index is 152. The molecule has 14 heavy (non-hydrogen) atoms. The fraction of sp³-hybridized carbons (Fsp3) is 0.667. The van der Waals surface area contributed by atoms with Crippen molar-refractivity contribution >= 4 is 0 Å². The average molecular weight is 196 g/mol. The predicted octanol–water partition coefficient (Wildman–Crippen LogP) is 2.45. The quantitative estimate of drug-likeness (QED) is 0.414. The van der Waals surface area contributed by atoms with E-state index in [0.29, 0.717) is 0 Å².